The van der Waals surface area contributed by atoms with E-state index in [1.807, 2.05) is 4.90 Å². The molecule has 0 aliphatic carbocycles. The number of nitrogens with zero attached hydrogens (tertiary/aromatic N) is 3. The molecule has 0 unspecified atom stereocenters. The van der Waals surface area contributed by atoms with Gasteiger partial charge in [0.15, 0.2) is 0 Å². The summed E-state index contributed by atoms with van der Waals surface area (Å²) in [5, 5.41) is 21.6. The molecular formula is C33H58N4O11S. The summed E-state index contributed by atoms with van der Waals surface area (Å²) in [7, 11) is 0.176. The molecule has 16 heteroatoms. The zero-order valence-corrected chi connectivity index (χ0v) is 30.3. The fraction of sp³-hybridized carbons (Fsp3) is 0.758. The Labute approximate surface area is 292 Å². The minimum atomic E-state index is -1.17. The number of methoxy groups -OCH3 is 1. The third-order valence-electron chi connectivity index (χ3n) is 7.60. The normalized spacial score (nSPS) is 14.1. The molecule has 1 aliphatic rings. The number of aromatic nitrogens is 1. The second-order valence-corrected chi connectivity index (χ2v) is 16.2. The van der Waals surface area contributed by atoms with Crippen molar-refractivity contribution in [3.63, 3.8) is 0 Å². The molecule has 49 heavy (non-hydrogen) atoms. The summed E-state index contributed by atoms with van der Waals surface area (Å²) in [5.41, 5.74) is 0.910. The minimum Gasteiger partial charge on any atom is -0.492 e. The Hall–Kier alpha value is -2.57. The summed E-state index contributed by atoms with van der Waals surface area (Å²) in [5.74, 6) is 1.75. The van der Waals surface area contributed by atoms with Gasteiger partial charge in [-0.1, -0.05) is 0 Å². The molecule has 2 amide bonds. The van der Waals surface area contributed by atoms with Crippen LogP contribution in [-0.2, 0) is 51.3 Å². The molecule has 282 valence electrons. The highest BCUT2D eigenvalue weighted by Gasteiger charge is 2.22. The summed E-state index contributed by atoms with van der Waals surface area (Å²) < 4.78 is 32.0. The molecule has 0 bridgehead atoms. The molecule has 15 nitrogen and oxygen atoms in total. The number of carbonyl (C=O) groups is 3. The summed E-state index contributed by atoms with van der Waals surface area (Å²) >= 11 is 0. The van der Waals surface area contributed by atoms with Crippen molar-refractivity contribution in [3.8, 4) is 5.75 Å². The maximum Gasteiger partial charge on any atom is 0.307 e. The van der Waals surface area contributed by atoms with Crippen LogP contribution in [0.1, 0.15) is 30.7 Å². The maximum atomic E-state index is 12.8. The number of aliphatic hydroxyl groups is 2. The summed E-state index contributed by atoms with van der Waals surface area (Å²) in [4.78, 5) is 44.6. The number of aliphatic hydroxyl groups excluding tert-OH is 2. The van der Waals surface area contributed by atoms with Crippen molar-refractivity contribution in [3.05, 3.63) is 23.5 Å². The number of amides is 2. The molecule has 0 spiro atoms. The van der Waals surface area contributed by atoms with Gasteiger partial charge in [-0.3, -0.25) is 24.3 Å². The minimum absolute atomic E-state index is 0.00399. The highest BCUT2D eigenvalue weighted by Crippen LogP contribution is 2.40. The van der Waals surface area contributed by atoms with E-state index in [0.717, 1.165) is 25.3 Å². The van der Waals surface area contributed by atoms with E-state index in [0.29, 0.717) is 115 Å². The zero-order valence-electron chi connectivity index (χ0n) is 29.5. The highest BCUT2D eigenvalue weighted by atomic mass is 32.3. The summed E-state index contributed by atoms with van der Waals surface area (Å²) in [6, 6.07) is 3.33. The molecule has 1 aromatic heterocycles. The molecule has 3 N–H and O–H groups in total. The topological polar surface area (TPSA) is 178 Å². The lowest BCUT2D eigenvalue weighted by Gasteiger charge is -2.35. The third kappa shape index (κ3) is 20.0. The van der Waals surface area contributed by atoms with Crippen molar-refractivity contribution in [2.45, 2.75) is 32.5 Å². The Morgan fingerprint density at radius 3 is 1.96 bits per heavy atom. The Balaban J connectivity index is 1.44. The van der Waals surface area contributed by atoms with E-state index in [1.165, 1.54) is 7.11 Å². The number of hydrogen-bond acceptors (Lipinski definition) is 13. The van der Waals surface area contributed by atoms with Gasteiger partial charge in [0.2, 0.25) is 11.8 Å². The second-order valence-electron chi connectivity index (χ2n) is 12.0. The molecular weight excluding hydrogens is 660 g/mol. The lowest BCUT2D eigenvalue weighted by molar-refractivity contribution is -0.142. The van der Waals surface area contributed by atoms with E-state index < -0.39 is 10.0 Å². The predicted octanol–water partition coefficient (Wildman–Crippen LogP) is 0.179. The van der Waals surface area contributed by atoms with Gasteiger partial charge in [-0.15, -0.1) is 0 Å². The van der Waals surface area contributed by atoms with Crippen LogP contribution in [0.3, 0.4) is 0 Å². The van der Waals surface area contributed by atoms with Gasteiger partial charge in [-0.2, -0.15) is 0 Å². The Bertz CT molecular complexity index is 1070. The van der Waals surface area contributed by atoms with Gasteiger partial charge in [0.25, 0.3) is 0 Å². The van der Waals surface area contributed by atoms with Crippen LogP contribution >= 0.6 is 10.0 Å². The van der Waals surface area contributed by atoms with Gasteiger partial charge >= 0.3 is 5.97 Å². The van der Waals surface area contributed by atoms with Crippen LogP contribution in [0.4, 0.5) is 0 Å². The average Bonchev–Trinajstić information content (AvgIpc) is 3.09. The van der Waals surface area contributed by atoms with Crippen LogP contribution in [0.5, 0.6) is 5.75 Å². The first-order valence-electron chi connectivity index (χ1n) is 16.8. The molecule has 2 heterocycles. The molecule has 0 saturated carbocycles. The maximum absolute atomic E-state index is 12.8. The molecule has 2 rings (SSSR count). The van der Waals surface area contributed by atoms with Crippen molar-refractivity contribution >= 4 is 27.8 Å². The second kappa shape index (κ2) is 25.4. The first-order valence-corrected chi connectivity index (χ1v) is 19.6. The lowest BCUT2D eigenvalue weighted by Crippen LogP contribution is -2.49. The third-order valence-corrected chi connectivity index (χ3v) is 10.0. The number of pyridine rings is 1. The van der Waals surface area contributed by atoms with E-state index in [9.17, 15) is 24.6 Å². The number of nitrogens with one attached hydrogen (secondary N) is 1. The number of hydrogen-bond donors (Lipinski definition) is 3. The van der Waals surface area contributed by atoms with Gasteiger partial charge in [-0.25, -0.2) is 10.0 Å². The smallest absolute Gasteiger partial charge is 0.307 e. The van der Waals surface area contributed by atoms with Gasteiger partial charge in [-0.05, 0) is 24.7 Å². The van der Waals surface area contributed by atoms with Gasteiger partial charge in [0, 0.05) is 57.8 Å². The van der Waals surface area contributed by atoms with Crippen molar-refractivity contribution in [2.24, 2.45) is 0 Å². The van der Waals surface area contributed by atoms with Crippen LogP contribution in [0.25, 0.3) is 0 Å². The molecule has 1 fully saturated rings. The van der Waals surface area contributed by atoms with Crippen molar-refractivity contribution in [1.82, 2.24) is 20.1 Å². The van der Waals surface area contributed by atoms with Gasteiger partial charge < -0.3 is 48.9 Å². The fourth-order valence-electron chi connectivity index (χ4n) is 4.91. The van der Waals surface area contributed by atoms with Crippen LogP contribution in [0, 0.1) is 0 Å². The van der Waals surface area contributed by atoms with Crippen molar-refractivity contribution in [1.29, 1.82) is 0 Å². The van der Waals surface area contributed by atoms with Gasteiger partial charge in [0.1, 0.15) is 12.4 Å². The molecule has 1 saturated heterocycles. The number of rotatable bonds is 27. The molecule has 0 aromatic carbocycles. The van der Waals surface area contributed by atoms with Crippen molar-refractivity contribution in [2.75, 3.05) is 130 Å². The molecule has 1 aromatic rings. The van der Waals surface area contributed by atoms with Crippen LogP contribution < -0.4 is 10.1 Å². The highest BCUT2D eigenvalue weighted by molar-refractivity contribution is 8.33. The quantitative estimate of drug-likeness (QED) is 0.0830. The molecule has 1 aliphatic heterocycles. The van der Waals surface area contributed by atoms with E-state index in [4.69, 9.17) is 23.7 Å². The Kier molecular flexibility index (Phi) is 22.1. The summed E-state index contributed by atoms with van der Waals surface area (Å²) in [6.45, 7) is 7.34. The lowest BCUT2D eigenvalue weighted by atomic mass is 10.2. The standard InChI is InChI=1S/C33H58N4O11S/c1-43-33(42)6-13-44-16-18-46-20-21-47-19-17-45-14-7-34-31(40)27-49(2,3)22-4-5-32(41)37-10-8-36(9-11-37)12-15-48-30-23-28(25-38)35-29(24-30)26-39/h23-24,38-39H,4-22,25-27H2,1-3H3,(H,34,40). The summed E-state index contributed by atoms with van der Waals surface area (Å²) in [6.07, 6.45) is 5.74. The van der Waals surface area contributed by atoms with Crippen LogP contribution in [-0.4, -0.2) is 173 Å². The Morgan fingerprint density at radius 1 is 0.816 bits per heavy atom. The van der Waals surface area contributed by atoms with Gasteiger partial charge in [0.05, 0.1) is 96.7 Å². The number of esters is 1. The predicted molar refractivity (Wildman–Crippen MR) is 186 cm³/mol. The molecule has 0 radical (unpaired) electrons. The monoisotopic (exact) mass is 718 g/mol. The Morgan fingerprint density at radius 2 is 1.39 bits per heavy atom. The van der Waals surface area contributed by atoms with E-state index in [-0.39, 0.29) is 37.4 Å². The van der Waals surface area contributed by atoms with E-state index in [1.54, 1.807) is 12.1 Å². The SMILES string of the molecule is COC(=O)CCOCCOCCOCCOCCNC(=O)CS(C)(C)CCCC(=O)N1CCN(CCOc2cc(CO)nc(CO)c2)CC1. The first-order chi connectivity index (χ1) is 23.7. The van der Waals surface area contributed by atoms with Crippen molar-refractivity contribution < 1.29 is 53.0 Å². The van der Waals surface area contributed by atoms with E-state index in [2.05, 4.69) is 32.4 Å². The van der Waals surface area contributed by atoms with E-state index >= 15 is 0 Å². The van der Waals surface area contributed by atoms with Crippen LogP contribution in [0.15, 0.2) is 12.1 Å². The number of ether oxygens (including phenoxy) is 6. The average molecular weight is 719 g/mol. The van der Waals surface area contributed by atoms with Crippen LogP contribution in [0.2, 0.25) is 0 Å². The largest absolute Gasteiger partial charge is 0.492 e. The number of piperazine rings is 1. The number of carbonyl (C=O) groups excluding carboxylic acids is 3. The zero-order chi connectivity index (χ0) is 35.7. The first kappa shape index (κ1) is 42.6. The fourth-order valence-corrected chi connectivity index (χ4v) is 6.79. The molecule has 0 atom stereocenters.